The number of unbranched alkanes of at least 4 members (excludes halogenated alkanes) is 2. The number of nitrogens with one attached hydrogen (secondary N) is 2. The molecule has 1 saturated carbocycles. The van der Waals surface area contributed by atoms with Crippen LogP contribution in [-0.4, -0.2) is 78.6 Å². The minimum Gasteiger partial charge on any atom is -0.461 e. The molecule has 1 saturated heterocycles. The van der Waals surface area contributed by atoms with Crippen molar-refractivity contribution in [2.24, 2.45) is 0 Å². The van der Waals surface area contributed by atoms with Gasteiger partial charge >= 0.3 is 5.97 Å². The highest BCUT2D eigenvalue weighted by Gasteiger charge is 2.41. The molecule has 1 amide bonds. The molecule has 4 aliphatic heterocycles. The molecule has 69 heavy (non-hydrogen) atoms. The van der Waals surface area contributed by atoms with Crippen LogP contribution in [-0.2, 0) is 25.2 Å². The van der Waals surface area contributed by atoms with Gasteiger partial charge in [0.2, 0.25) is 11.6 Å². The largest absolute Gasteiger partial charge is 0.461 e. The maximum absolute atomic E-state index is 13.8. The second-order valence-electron chi connectivity index (χ2n) is 21.0. The highest BCUT2D eigenvalue weighted by Crippen LogP contribution is 2.49. The topological polar surface area (TPSA) is 106 Å². The van der Waals surface area contributed by atoms with E-state index in [4.69, 9.17) is 10.5 Å². The minimum absolute atomic E-state index is 0.00929. The molecule has 10 heteroatoms. The number of anilines is 5. The van der Waals surface area contributed by atoms with E-state index in [1.165, 1.54) is 50.8 Å². The van der Waals surface area contributed by atoms with Crippen molar-refractivity contribution in [1.29, 1.82) is 0 Å². The number of allylic oxidation sites excluding steroid dienone is 8. The zero-order chi connectivity index (χ0) is 48.5. The number of nitrogen functional groups attached to an aromatic ring is 1. The van der Waals surface area contributed by atoms with Gasteiger partial charge in [0.05, 0.1) is 19.5 Å². The van der Waals surface area contributed by atoms with E-state index in [-0.39, 0.29) is 42.2 Å². The zero-order valence-corrected chi connectivity index (χ0v) is 42.2. The van der Waals surface area contributed by atoms with E-state index in [0.29, 0.717) is 18.8 Å². The van der Waals surface area contributed by atoms with Crippen LogP contribution in [0, 0.1) is 0 Å². The molecule has 1 unspecified atom stereocenters. The summed E-state index contributed by atoms with van der Waals surface area (Å²) in [5.74, 6) is -0.396. The lowest BCUT2D eigenvalue weighted by Crippen LogP contribution is -2.49. The van der Waals surface area contributed by atoms with Gasteiger partial charge < -0.3 is 35.8 Å². The van der Waals surface area contributed by atoms with Gasteiger partial charge in [0.25, 0.3) is 0 Å². The van der Waals surface area contributed by atoms with Gasteiger partial charge in [-0.3, -0.25) is 9.59 Å². The van der Waals surface area contributed by atoms with Crippen LogP contribution in [0.2, 0.25) is 0 Å². The van der Waals surface area contributed by atoms with Crippen molar-refractivity contribution in [3.63, 3.8) is 0 Å². The summed E-state index contributed by atoms with van der Waals surface area (Å²) in [6.07, 6.45) is 17.5. The summed E-state index contributed by atoms with van der Waals surface area (Å²) in [6, 6.07) is 27.7. The van der Waals surface area contributed by atoms with E-state index in [9.17, 15) is 9.59 Å². The molecule has 0 aromatic heterocycles. The molecule has 0 spiro atoms. The summed E-state index contributed by atoms with van der Waals surface area (Å²) >= 11 is 0. The molecule has 4 N–H and O–H groups in total. The Balaban J connectivity index is 0.946. The molecule has 0 radical (unpaired) electrons. The molecule has 2 fully saturated rings. The predicted molar refractivity (Wildman–Crippen MR) is 285 cm³/mol. The second-order valence-corrected chi connectivity index (χ2v) is 21.0. The Kier molecular flexibility index (Phi) is 13.6. The lowest BCUT2D eigenvalue weighted by Gasteiger charge is -2.38. The number of esters is 1. The third kappa shape index (κ3) is 9.31. The minimum atomic E-state index is -0.725. The van der Waals surface area contributed by atoms with E-state index in [0.717, 1.165) is 93.3 Å². The Morgan fingerprint density at radius 3 is 1.81 bits per heavy atom. The number of benzene rings is 4. The average molecular weight is 929 g/mol. The molecule has 362 valence electrons. The van der Waals surface area contributed by atoms with E-state index in [2.05, 4.69) is 139 Å². The van der Waals surface area contributed by atoms with Crippen LogP contribution in [0.1, 0.15) is 117 Å². The van der Waals surface area contributed by atoms with Crippen LogP contribution in [0.15, 0.2) is 126 Å². The summed E-state index contributed by atoms with van der Waals surface area (Å²) < 4.78 is 8.35. The number of ether oxygens (including phenoxy) is 1. The fourth-order valence-corrected chi connectivity index (χ4v) is 11.6. The Hall–Kier alpha value is -6.29. The molecule has 5 aliphatic rings. The lowest BCUT2D eigenvalue weighted by atomic mass is 9.82. The normalized spacial score (nSPS) is 22.6. The zero-order valence-electron chi connectivity index (χ0n) is 42.2. The molecule has 4 heterocycles. The van der Waals surface area contributed by atoms with Crippen LogP contribution < -0.4 is 26.2 Å². The van der Waals surface area contributed by atoms with Crippen LogP contribution in [0.25, 0.3) is 10.8 Å². The van der Waals surface area contributed by atoms with Crippen LogP contribution in [0.3, 0.4) is 0 Å². The fraction of sp³-hybridized carbons (Fsp3) is 0.441. The number of piperazine rings is 1. The highest BCUT2D eigenvalue weighted by molar-refractivity contribution is 6.11. The Morgan fingerprint density at radius 1 is 0.696 bits per heavy atom. The third-order valence-electron chi connectivity index (χ3n) is 15.4. The molecule has 4 aromatic rings. The molecule has 1 aliphatic carbocycles. The van der Waals surface area contributed by atoms with Crippen molar-refractivity contribution in [1.82, 2.24) is 4.90 Å². The van der Waals surface area contributed by atoms with Gasteiger partial charge in [0, 0.05) is 92.1 Å². The van der Waals surface area contributed by atoms with E-state index >= 15 is 0 Å². The monoisotopic (exact) mass is 929 g/mol. The molecule has 4 aromatic carbocycles. The number of para-hydroxylation sites is 2. The van der Waals surface area contributed by atoms with E-state index in [1.54, 1.807) is 0 Å². The molecule has 1 atom stereocenters. The van der Waals surface area contributed by atoms with Crippen molar-refractivity contribution < 1.29 is 18.9 Å². The highest BCUT2D eigenvalue weighted by atomic mass is 16.5. The average Bonchev–Trinajstić information content (AvgIpc) is 3.70. The van der Waals surface area contributed by atoms with Crippen LogP contribution >= 0.6 is 0 Å². The maximum atomic E-state index is 13.8. The van der Waals surface area contributed by atoms with E-state index in [1.807, 2.05) is 42.2 Å². The van der Waals surface area contributed by atoms with Gasteiger partial charge in [-0.05, 0) is 92.6 Å². The van der Waals surface area contributed by atoms with Gasteiger partial charge in [0.1, 0.15) is 12.3 Å². The summed E-state index contributed by atoms with van der Waals surface area (Å²) in [5.41, 5.74) is 20.0. The summed E-state index contributed by atoms with van der Waals surface area (Å²) in [7, 11) is 0. The van der Waals surface area contributed by atoms with E-state index < -0.39 is 5.66 Å². The van der Waals surface area contributed by atoms with Crippen molar-refractivity contribution in [2.75, 3.05) is 72.0 Å². The second kappa shape index (κ2) is 19.6. The first-order chi connectivity index (χ1) is 33.2. The molecular weight excluding hydrogens is 855 g/mol. The maximum Gasteiger partial charge on any atom is 0.306 e. The number of hydrogen-bond acceptors (Lipinski definition) is 8. The van der Waals surface area contributed by atoms with Crippen LogP contribution in [0.4, 0.5) is 28.4 Å². The number of carbonyl (C=O) groups is 2. The number of amides is 1. The van der Waals surface area contributed by atoms with Crippen molar-refractivity contribution in [3.8, 4) is 0 Å². The molecule has 0 bridgehead atoms. The lowest BCUT2D eigenvalue weighted by molar-refractivity contribution is -0.537. The Labute approximate surface area is 410 Å². The molecule has 10 nitrogen and oxygen atoms in total. The smallest absolute Gasteiger partial charge is 0.306 e. The van der Waals surface area contributed by atoms with Gasteiger partial charge in [0.15, 0.2) is 13.1 Å². The van der Waals surface area contributed by atoms with Gasteiger partial charge in [-0.2, -0.15) is 0 Å². The molecular formula is C59H74N7O3+. The Bertz CT molecular complexity index is 2660. The number of hydrogen-bond donors (Lipinski definition) is 3. The first-order valence-corrected chi connectivity index (χ1v) is 25.7. The SMILES string of the molecule is CCCCN1/C(=C/C=C2\CCC/C(=C\C=C3\N(CCCC)c4ccccc4C3(C)C)C2=[N+]2CCN(C(=O)CCC(=O)OCC3(C)Nc4cccc5c(N)ccc(c45)N3)CC2)C(C)(C)c2ccccc21. The summed E-state index contributed by atoms with van der Waals surface area (Å²) in [4.78, 5) is 34.0. The number of fused-ring (bicyclic) bond motifs is 2. The quantitative estimate of drug-likeness (QED) is 0.0692. The van der Waals surface area contributed by atoms with Crippen LogP contribution in [0.5, 0.6) is 0 Å². The molecule has 9 rings (SSSR count). The predicted octanol–water partition coefficient (Wildman–Crippen LogP) is 11.6. The summed E-state index contributed by atoms with van der Waals surface area (Å²) in [5, 5.41) is 9.00. The van der Waals surface area contributed by atoms with Gasteiger partial charge in [-0.25, -0.2) is 4.58 Å². The Morgan fingerprint density at radius 2 is 1.25 bits per heavy atom. The summed E-state index contributed by atoms with van der Waals surface area (Å²) in [6.45, 7) is 20.7. The van der Waals surface area contributed by atoms with Crippen molar-refractivity contribution >= 4 is 56.8 Å². The number of rotatable bonds is 13. The third-order valence-corrected chi connectivity index (χ3v) is 15.4. The number of nitrogens with two attached hydrogens (primary N) is 1. The number of carbonyl (C=O) groups excluding carboxylic acids is 2. The van der Waals surface area contributed by atoms with Gasteiger partial charge in [-0.15, -0.1) is 0 Å². The van der Waals surface area contributed by atoms with Gasteiger partial charge in [-0.1, -0.05) is 115 Å². The van der Waals surface area contributed by atoms with Crippen molar-refractivity contribution in [3.05, 3.63) is 137 Å². The number of nitrogens with zero attached hydrogens (tertiary/aromatic N) is 4. The fourth-order valence-electron chi connectivity index (χ4n) is 11.6. The standard InChI is InChI=1S/C59H74N7O3/c1-8-10-34-65-49-24-14-12-21-44(49)57(3,4)51(65)30-26-41-18-16-19-42(27-31-52-58(5,6)45-22-13-15-25-50(45)66(52)35-11-9-2)56(41)64-38-36-63(37-39-64)53(67)32-33-54(68)69-40-59(7)61-47-23-17-20-43-46(60)28-29-48(62-59)55(43)47/h12-15,17,20-31,61-62H,8-11,16,18-19,32-40,60H2,1-7H3/q+1. The van der Waals surface area contributed by atoms with Crippen molar-refractivity contribution in [2.45, 2.75) is 123 Å². The first-order valence-electron chi connectivity index (χ1n) is 25.7. The first kappa shape index (κ1) is 47.8.